The van der Waals surface area contributed by atoms with Gasteiger partial charge in [0.15, 0.2) is 0 Å². The van der Waals surface area contributed by atoms with Crippen molar-refractivity contribution in [2.24, 2.45) is 11.8 Å². The van der Waals surface area contributed by atoms with Crippen molar-refractivity contribution in [1.29, 1.82) is 0 Å². The van der Waals surface area contributed by atoms with Crippen LogP contribution in [-0.4, -0.2) is 44.7 Å². The first-order valence-electron chi connectivity index (χ1n) is 11.0. The molecular formula is C22H34BrClN2O2S. The van der Waals surface area contributed by atoms with Crippen LogP contribution in [0, 0.1) is 11.8 Å². The maximum atomic E-state index is 11.7. The maximum Gasteiger partial charge on any atom is 0.211 e. The predicted octanol–water partition coefficient (Wildman–Crippen LogP) is 5.25. The minimum atomic E-state index is -3.07. The Balaban J connectivity index is 1.34. The zero-order chi connectivity index (χ0) is 20.9. The van der Waals surface area contributed by atoms with Gasteiger partial charge < -0.3 is 4.90 Å². The van der Waals surface area contributed by atoms with E-state index in [1.807, 2.05) is 6.07 Å². The van der Waals surface area contributed by atoms with E-state index in [-0.39, 0.29) is 11.8 Å². The molecule has 4 nitrogen and oxygen atoms in total. The van der Waals surface area contributed by atoms with Crippen molar-refractivity contribution in [1.82, 2.24) is 9.62 Å². The van der Waals surface area contributed by atoms with Crippen LogP contribution in [0.3, 0.4) is 0 Å². The SMILES string of the molecule is CCS(=O)(=O)NC1CCC(CCN2CCC(Cc3cc(Cl)ccc3Br)CC2)CC1. The summed E-state index contributed by atoms with van der Waals surface area (Å²) in [4.78, 5) is 2.62. The number of halogens is 2. The van der Waals surface area contributed by atoms with Crippen LogP contribution in [0.1, 0.15) is 57.4 Å². The van der Waals surface area contributed by atoms with Crippen LogP contribution < -0.4 is 4.72 Å². The summed E-state index contributed by atoms with van der Waals surface area (Å²) in [5, 5.41) is 0.817. The number of rotatable bonds is 8. The molecule has 0 spiro atoms. The minimum absolute atomic E-state index is 0.151. The Labute approximate surface area is 190 Å². The van der Waals surface area contributed by atoms with E-state index in [0.717, 1.165) is 49.0 Å². The monoisotopic (exact) mass is 504 g/mol. The summed E-state index contributed by atoms with van der Waals surface area (Å²) in [5.41, 5.74) is 1.33. The number of hydrogen-bond donors (Lipinski definition) is 1. The van der Waals surface area contributed by atoms with E-state index in [1.165, 1.54) is 48.9 Å². The fourth-order valence-corrected chi connectivity index (χ4v) is 6.21. The first-order valence-corrected chi connectivity index (χ1v) is 13.8. The molecule has 0 aromatic heterocycles. The third-order valence-electron chi connectivity index (χ3n) is 6.65. The van der Waals surface area contributed by atoms with Crippen molar-refractivity contribution in [2.45, 2.75) is 64.3 Å². The largest absolute Gasteiger partial charge is 0.303 e. The van der Waals surface area contributed by atoms with Gasteiger partial charge in [-0.1, -0.05) is 27.5 Å². The van der Waals surface area contributed by atoms with E-state index >= 15 is 0 Å². The molecule has 0 unspecified atom stereocenters. The number of sulfonamides is 1. The lowest BCUT2D eigenvalue weighted by Crippen LogP contribution is -2.39. The van der Waals surface area contributed by atoms with Crippen molar-refractivity contribution in [3.05, 3.63) is 33.3 Å². The molecule has 1 saturated heterocycles. The van der Waals surface area contributed by atoms with Crippen molar-refractivity contribution < 1.29 is 8.42 Å². The van der Waals surface area contributed by atoms with E-state index < -0.39 is 10.0 Å². The normalized spacial score (nSPS) is 24.7. The van der Waals surface area contributed by atoms with Gasteiger partial charge in [0.25, 0.3) is 0 Å². The molecule has 0 amide bonds. The Morgan fingerprint density at radius 2 is 1.79 bits per heavy atom. The summed E-state index contributed by atoms with van der Waals surface area (Å²) >= 11 is 9.81. The molecular weight excluding hydrogens is 472 g/mol. The second-order valence-electron chi connectivity index (χ2n) is 8.75. The molecule has 1 aliphatic heterocycles. The Morgan fingerprint density at radius 3 is 2.45 bits per heavy atom. The van der Waals surface area contributed by atoms with Crippen molar-refractivity contribution in [3.8, 4) is 0 Å². The number of likely N-dealkylation sites (tertiary alicyclic amines) is 1. The summed E-state index contributed by atoms with van der Waals surface area (Å²) in [6.07, 6.45) is 9.13. The number of hydrogen-bond acceptors (Lipinski definition) is 3. The smallest absolute Gasteiger partial charge is 0.211 e. The van der Waals surface area contributed by atoms with Crippen LogP contribution in [-0.2, 0) is 16.4 Å². The summed E-state index contributed by atoms with van der Waals surface area (Å²) in [6, 6.07) is 6.23. The standard InChI is InChI=1S/C22H34BrClN2O2S/c1-2-29(27,28)25-21-6-3-17(4-7-21)9-12-26-13-10-18(11-14-26)15-19-16-20(24)5-8-22(19)23/h5,8,16-18,21,25H,2-4,6-7,9-15H2,1H3. The highest BCUT2D eigenvalue weighted by atomic mass is 79.9. The Hall–Kier alpha value is -0.140. The van der Waals surface area contributed by atoms with Crippen molar-refractivity contribution >= 4 is 37.6 Å². The maximum absolute atomic E-state index is 11.7. The van der Waals surface area contributed by atoms with Crippen molar-refractivity contribution in [3.63, 3.8) is 0 Å². The predicted molar refractivity (Wildman–Crippen MR) is 125 cm³/mol. The van der Waals surface area contributed by atoms with Gasteiger partial charge in [-0.2, -0.15) is 0 Å². The Morgan fingerprint density at radius 1 is 1.10 bits per heavy atom. The second kappa shape index (κ2) is 10.9. The number of nitrogens with zero attached hydrogens (tertiary/aromatic N) is 1. The van der Waals surface area contributed by atoms with Crippen molar-refractivity contribution in [2.75, 3.05) is 25.4 Å². The van der Waals surface area contributed by atoms with Gasteiger partial charge in [-0.3, -0.25) is 0 Å². The molecule has 0 radical (unpaired) electrons. The van der Waals surface area contributed by atoms with Crippen LogP contribution >= 0.6 is 27.5 Å². The van der Waals surface area contributed by atoms with Crippen LogP contribution in [0.15, 0.2) is 22.7 Å². The Kier molecular flexibility index (Phi) is 8.87. The average Bonchev–Trinajstić information content (AvgIpc) is 2.71. The molecule has 29 heavy (non-hydrogen) atoms. The lowest BCUT2D eigenvalue weighted by atomic mass is 9.84. The lowest BCUT2D eigenvalue weighted by Gasteiger charge is -2.34. The van der Waals surface area contributed by atoms with Gasteiger partial charge in [0.2, 0.25) is 10.0 Å². The fraction of sp³-hybridized carbons (Fsp3) is 0.727. The van der Waals surface area contributed by atoms with Gasteiger partial charge in [-0.05, 0) is 114 Å². The summed E-state index contributed by atoms with van der Waals surface area (Å²) in [5.74, 6) is 1.66. The second-order valence-corrected chi connectivity index (χ2v) is 12.1. The molecule has 1 N–H and O–H groups in total. The molecule has 0 bridgehead atoms. The topological polar surface area (TPSA) is 49.4 Å². The lowest BCUT2D eigenvalue weighted by molar-refractivity contribution is 0.164. The van der Waals surface area contributed by atoms with Gasteiger partial charge >= 0.3 is 0 Å². The van der Waals surface area contributed by atoms with Crippen LogP contribution in [0.5, 0.6) is 0 Å². The first kappa shape index (κ1) is 23.5. The van der Waals surface area contributed by atoms with Crippen LogP contribution in [0.25, 0.3) is 0 Å². The molecule has 2 aliphatic rings. The summed E-state index contributed by atoms with van der Waals surface area (Å²) < 4.78 is 27.5. The van der Waals surface area contributed by atoms with Crippen LogP contribution in [0.4, 0.5) is 0 Å². The highest BCUT2D eigenvalue weighted by Gasteiger charge is 2.25. The van der Waals surface area contributed by atoms with E-state index in [2.05, 4.69) is 37.7 Å². The molecule has 1 aromatic rings. The van der Waals surface area contributed by atoms with E-state index in [0.29, 0.717) is 0 Å². The van der Waals surface area contributed by atoms with E-state index in [9.17, 15) is 8.42 Å². The molecule has 0 atom stereocenters. The van der Waals surface area contributed by atoms with E-state index in [1.54, 1.807) is 6.92 Å². The van der Waals surface area contributed by atoms with Gasteiger partial charge in [0.05, 0.1) is 5.75 Å². The van der Waals surface area contributed by atoms with Gasteiger partial charge in [0, 0.05) is 15.5 Å². The minimum Gasteiger partial charge on any atom is -0.303 e. The quantitative estimate of drug-likeness (QED) is 0.525. The highest BCUT2D eigenvalue weighted by Crippen LogP contribution is 2.30. The average molecular weight is 506 g/mol. The van der Waals surface area contributed by atoms with E-state index in [4.69, 9.17) is 11.6 Å². The zero-order valence-electron chi connectivity index (χ0n) is 17.4. The molecule has 3 rings (SSSR count). The molecule has 7 heteroatoms. The van der Waals surface area contributed by atoms with Gasteiger partial charge in [0.1, 0.15) is 0 Å². The van der Waals surface area contributed by atoms with Gasteiger partial charge in [-0.25, -0.2) is 13.1 Å². The molecule has 1 heterocycles. The molecule has 1 saturated carbocycles. The van der Waals surface area contributed by atoms with Gasteiger partial charge in [-0.15, -0.1) is 0 Å². The molecule has 164 valence electrons. The zero-order valence-corrected chi connectivity index (χ0v) is 20.5. The summed E-state index contributed by atoms with van der Waals surface area (Å²) in [7, 11) is -3.07. The number of benzene rings is 1. The molecule has 2 fully saturated rings. The third-order valence-corrected chi connectivity index (χ3v) is 9.11. The Bertz CT molecular complexity index is 758. The molecule has 1 aromatic carbocycles. The molecule has 1 aliphatic carbocycles. The van der Waals surface area contributed by atoms with Crippen LogP contribution in [0.2, 0.25) is 5.02 Å². The number of piperidine rings is 1. The number of nitrogens with one attached hydrogen (secondary N) is 1. The highest BCUT2D eigenvalue weighted by molar-refractivity contribution is 9.10. The third kappa shape index (κ3) is 7.49. The fourth-order valence-electron chi connectivity index (χ4n) is 4.70. The first-order chi connectivity index (χ1) is 13.8. The summed E-state index contributed by atoms with van der Waals surface area (Å²) in [6.45, 7) is 5.26.